The number of ether oxygens (including phenoxy) is 1. The molecule has 2 fully saturated rings. The molecule has 22 heavy (non-hydrogen) atoms. The third-order valence-electron chi connectivity index (χ3n) is 4.35. The number of hydrogen-bond acceptors (Lipinski definition) is 4. The van der Waals surface area contributed by atoms with E-state index in [2.05, 4.69) is 46.1 Å². The van der Waals surface area contributed by atoms with Gasteiger partial charge >= 0.3 is 0 Å². The van der Waals surface area contributed by atoms with E-state index in [9.17, 15) is 0 Å². The van der Waals surface area contributed by atoms with E-state index in [-0.39, 0.29) is 24.0 Å². The van der Waals surface area contributed by atoms with Gasteiger partial charge in [0.1, 0.15) is 0 Å². The fourth-order valence-corrected chi connectivity index (χ4v) is 4.12. The van der Waals surface area contributed by atoms with Crippen molar-refractivity contribution in [3.05, 3.63) is 0 Å². The predicted octanol–water partition coefficient (Wildman–Crippen LogP) is 1.78. The van der Waals surface area contributed by atoms with E-state index in [0.717, 1.165) is 45.4 Å². The maximum atomic E-state index is 5.47. The van der Waals surface area contributed by atoms with E-state index in [4.69, 9.17) is 4.74 Å². The molecule has 0 aliphatic carbocycles. The molecule has 130 valence electrons. The Morgan fingerprint density at radius 1 is 1.45 bits per heavy atom. The van der Waals surface area contributed by atoms with Crippen molar-refractivity contribution >= 4 is 41.7 Å². The summed E-state index contributed by atoms with van der Waals surface area (Å²) >= 11 is 2.08. The van der Waals surface area contributed by atoms with Crippen molar-refractivity contribution < 1.29 is 4.74 Å². The molecule has 2 atom stereocenters. The topological polar surface area (TPSA) is 48.9 Å². The molecule has 0 amide bonds. The largest absolute Gasteiger partial charge is 0.379 e. The molecule has 0 radical (unpaired) electrons. The minimum absolute atomic E-state index is 0. The smallest absolute Gasteiger partial charge is 0.191 e. The second kappa shape index (κ2) is 10.2. The standard InChI is InChI=1S/C15H30N4OS.HI/c1-13-11-20-9-8-19(13)7-6-17-14(16-3)18-12-15(2)5-4-10-21-15;/h13H,4-12H2,1-3H3,(H2,16,17,18);1H. The Morgan fingerprint density at radius 2 is 2.27 bits per heavy atom. The van der Waals surface area contributed by atoms with E-state index >= 15 is 0 Å². The maximum absolute atomic E-state index is 5.47. The van der Waals surface area contributed by atoms with E-state index < -0.39 is 0 Å². The van der Waals surface area contributed by atoms with Gasteiger partial charge in [-0.25, -0.2) is 0 Å². The molecule has 2 rings (SSSR count). The summed E-state index contributed by atoms with van der Waals surface area (Å²) < 4.78 is 5.84. The van der Waals surface area contributed by atoms with E-state index in [1.807, 2.05) is 7.05 Å². The maximum Gasteiger partial charge on any atom is 0.191 e. The first-order valence-electron chi connectivity index (χ1n) is 8.03. The van der Waals surface area contributed by atoms with Crippen LogP contribution in [0.4, 0.5) is 0 Å². The van der Waals surface area contributed by atoms with Gasteiger partial charge in [-0.3, -0.25) is 9.89 Å². The number of aliphatic imine (C=N–C) groups is 1. The van der Waals surface area contributed by atoms with Crippen LogP contribution in [0.1, 0.15) is 26.7 Å². The summed E-state index contributed by atoms with van der Waals surface area (Å²) in [6.07, 6.45) is 2.64. The summed E-state index contributed by atoms with van der Waals surface area (Å²) in [5.41, 5.74) is 0. The van der Waals surface area contributed by atoms with Gasteiger partial charge in [-0.2, -0.15) is 11.8 Å². The average molecular weight is 442 g/mol. The molecule has 0 spiro atoms. The van der Waals surface area contributed by atoms with Crippen molar-refractivity contribution in [1.82, 2.24) is 15.5 Å². The van der Waals surface area contributed by atoms with Gasteiger partial charge in [-0.15, -0.1) is 24.0 Å². The molecule has 0 bridgehead atoms. The fraction of sp³-hybridized carbons (Fsp3) is 0.933. The molecule has 0 saturated carbocycles. The number of thioether (sulfide) groups is 1. The SMILES string of the molecule is CN=C(NCCN1CCOCC1C)NCC1(C)CCCS1.I. The lowest BCUT2D eigenvalue weighted by atomic mass is 10.1. The number of morpholine rings is 1. The van der Waals surface area contributed by atoms with Crippen LogP contribution in [0.15, 0.2) is 4.99 Å². The van der Waals surface area contributed by atoms with Crippen LogP contribution in [0.2, 0.25) is 0 Å². The molecular weight excluding hydrogens is 411 g/mol. The van der Waals surface area contributed by atoms with Crippen LogP contribution in [0.5, 0.6) is 0 Å². The molecule has 2 N–H and O–H groups in total. The molecular formula is C15H31IN4OS. The van der Waals surface area contributed by atoms with Crippen molar-refractivity contribution in [2.75, 3.05) is 52.2 Å². The van der Waals surface area contributed by atoms with Gasteiger partial charge in [0.25, 0.3) is 0 Å². The van der Waals surface area contributed by atoms with Gasteiger partial charge in [0.2, 0.25) is 0 Å². The van der Waals surface area contributed by atoms with Crippen LogP contribution in [0.3, 0.4) is 0 Å². The zero-order valence-electron chi connectivity index (χ0n) is 14.1. The monoisotopic (exact) mass is 442 g/mol. The summed E-state index contributed by atoms with van der Waals surface area (Å²) in [7, 11) is 1.84. The Balaban J connectivity index is 0.00000242. The van der Waals surface area contributed by atoms with Gasteiger partial charge in [-0.05, 0) is 32.4 Å². The van der Waals surface area contributed by atoms with Gasteiger partial charge in [0.05, 0.1) is 13.2 Å². The zero-order valence-corrected chi connectivity index (χ0v) is 17.2. The molecule has 2 aliphatic rings. The van der Waals surface area contributed by atoms with Crippen LogP contribution >= 0.6 is 35.7 Å². The molecule has 2 saturated heterocycles. The first-order valence-corrected chi connectivity index (χ1v) is 9.02. The molecule has 0 aromatic heterocycles. The number of nitrogens with one attached hydrogen (secondary N) is 2. The molecule has 2 unspecified atom stereocenters. The normalized spacial score (nSPS) is 30.0. The van der Waals surface area contributed by atoms with Crippen LogP contribution < -0.4 is 10.6 Å². The van der Waals surface area contributed by atoms with Crippen molar-refractivity contribution in [3.8, 4) is 0 Å². The summed E-state index contributed by atoms with van der Waals surface area (Å²) in [5, 5.41) is 6.90. The minimum atomic E-state index is 0. The second-order valence-corrected chi connectivity index (χ2v) is 7.90. The molecule has 5 nitrogen and oxygen atoms in total. The van der Waals surface area contributed by atoms with Crippen LogP contribution in [0, 0.1) is 0 Å². The van der Waals surface area contributed by atoms with Gasteiger partial charge < -0.3 is 15.4 Å². The fourth-order valence-electron chi connectivity index (χ4n) is 2.88. The quantitative estimate of drug-likeness (QED) is 0.386. The average Bonchev–Trinajstić information content (AvgIpc) is 2.91. The Morgan fingerprint density at radius 3 is 2.91 bits per heavy atom. The number of halogens is 1. The van der Waals surface area contributed by atoms with Crippen molar-refractivity contribution in [3.63, 3.8) is 0 Å². The lowest BCUT2D eigenvalue weighted by Gasteiger charge is -2.33. The summed E-state index contributed by atoms with van der Waals surface area (Å²) in [6.45, 7) is 10.3. The number of rotatable bonds is 5. The van der Waals surface area contributed by atoms with Gasteiger partial charge in [0.15, 0.2) is 5.96 Å². The zero-order chi connectivity index (χ0) is 15.1. The summed E-state index contributed by atoms with van der Waals surface area (Å²) in [4.78, 5) is 6.79. The molecule has 7 heteroatoms. The van der Waals surface area contributed by atoms with Crippen molar-refractivity contribution in [2.45, 2.75) is 37.5 Å². The van der Waals surface area contributed by atoms with Crippen LogP contribution in [-0.2, 0) is 4.74 Å². The highest BCUT2D eigenvalue weighted by molar-refractivity contribution is 14.0. The number of hydrogen-bond donors (Lipinski definition) is 2. The Labute approximate surface area is 156 Å². The highest BCUT2D eigenvalue weighted by Crippen LogP contribution is 2.36. The third-order valence-corrected chi connectivity index (χ3v) is 5.89. The van der Waals surface area contributed by atoms with Crippen LogP contribution in [-0.4, -0.2) is 73.8 Å². The van der Waals surface area contributed by atoms with Crippen molar-refractivity contribution in [1.29, 1.82) is 0 Å². The number of nitrogens with zero attached hydrogens (tertiary/aromatic N) is 2. The number of guanidine groups is 1. The Bertz CT molecular complexity index is 350. The highest BCUT2D eigenvalue weighted by atomic mass is 127. The van der Waals surface area contributed by atoms with E-state index in [0.29, 0.717) is 10.8 Å². The molecule has 0 aromatic rings. The summed E-state index contributed by atoms with van der Waals surface area (Å²) in [5.74, 6) is 2.21. The molecule has 0 aromatic carbocycles. The van der Waals surface area contributed by atoms with Crippen LogP contribution in [0.25, 0.3) is 0 Å². The highest BCUT2D eigenvalue weighted by Gasteiger charge is 2.29. The minimum Gasteiger partial charge on any atom is -0.379 e. The first-order chi connectivity index (χ1) is 10.1. The predicted molar refractivity (Wildman–Crippen MR) is 107 cm³/mol. The summed E-state index contributed by atoms with van der Waals surface area (Å²) in [6, 6.07) is 0.518. The van der Waals surface area contributed by atoms with Crippen molar-refractivity contribution in [2.24, 2.45) is 4.99 Å². The second-order valence-electron chi connectivity index (χ2n) is 6.21. The lowest BCUT2D eigenvalue weighted by molar-refractivity contribution is 0.000879. The Hall–Kier alpha value is 0.270. The molecule has 2 aliphatic heterocycles. The lowest BCUT2D eigenvalue weighted by Crippen LogP contribution is -2.49. The first kappa shape index (κ1) is 20.3. The third kappa shape index (κ3) is 6.41. The van der Waals surface area contributed by atoms with E-state index in [1.165, 1.54) is 18.6 Å². The van der Waals surface area contributed by atoms with Gasteiger partial charge in [-0.1, -0.05) is 0 Å². The van der Waals surface area contributed by atoms with E-state index in [1.54, 1.807) is 0 Å². The molecule has 2 heterocycles. The Kier molecular flexibility index (Phi) is 9.42. The van der Waals surface area contributed by atoms with Gasteiger partial charge in [0, 0.05) is 44.0 Å².